The summed E-state index contributed by atoms with van der Waals surface area (Å²) in [6.07, 6.45) is 4.70. The fourth-order valence-electron chi connectivity index (χ4n) is 2.54. The van der Waals surface area contributed by atoms with E-state index in [9.17, 15) is 0 Å². The summed E-state index contributed by atoms with van der Waals surface area (Å²) < 4.78 is 2.28. The van der Waals surface area contributed by atoms with Crippen LogP contribution in [0.1, 0.15) is 46.8 Å². The molecule has 2 aromatic heterocycles. The Hall–Kier alpha value is -1.29. The number of nitrogens with zero attached hydrogens (tertiary/aromatic N) is 2. The van der Waals surface area contributed by atoms with Gasteiger partial charge < -0.3 is 9.88 Å². The van der Waals surface area contributed by atoms with Crippen molar-refractivity contribution in [3.8, 4) is 0 Å². The van der Waals surface area contributed by atoms with Crippen molar-refractivity contribution in [3.05, 3.63) is 33.3 Å². The van der Waals surface area contributed by atoms with Gasteiger partial charge in [-0.15, -0.1) is 11.3 Å². The molecule has 1 atom stereocenters. The zero-order valence-electron chi connectivity index (χ0n) is 12.0. The highest BCUT2D eigenvalue weighted by Crippen LogP contribution is 2.32. The molecule has 2 heterocycles. The first-order valence-corrected chi connectivity index (χ1v) is 7.75. The maximum Gasteiger partial charge on any atom is 0.203 e. The van der Waals surface area contributed by atoms with Crippen LogP contribution >= 0.6 is 11.3 Å². The van der Waals surface area contributed by atoms with Crippen molar-refractivity contribution in [1.29, 1.82) is 0 Å². The molecule has 2 aromatic rings. The second-order valence-corrected chi connectivity index (χ2v) is 7.04. The number of hydrogen-bond acceptors (Lipinski definition) is 3. The van der Waals surface area contributed by atoms with Crippen LogP contribution in [0.4, 0.5) is 5.95 Å². The van der Waals surface area contributed by atoms with Crippen LogP contribution < -0.4 is 5.32 Å². The van der Waals surface area contributed by atoms with Crippen molar-refractivity contribution in [2.24, 2.45) is 0 Å². The fourth-order valence-corrected chi connectivity index (χ4v) is 3.56. The van der Waals surface area contributed by atoms with E-state index in [4.69, 9.17) is 0 Å². The molecular weight excluding hydrogens is 254 g/mol. The molecule has 0 aromatic carbocycles. The van der Waals surface area contributed by atoms with Crippen LogP contribution in [0.15, 0.2) is 12.3 Å². The molecule has 0 spiro atoms. The number of thiophene rings is 1. The van der Waals surface area contributed by atoms with Gasteiger partial charge in [-0.3, -0.25) is 0 Å². The molecule has 3 nitrogen and oxygen atoms in total. The van der Waals surface area contributed by atoms with E-state index < -0.39 is 0 Å². The van der Waals surface area contributed by atoms with Gasteiger partial charge in [0.25, 0.3) is 0 Å². The van der Waals surface area contributed by atoms with Crippen LogP contribution in [-0.4, -0.2) is 15.6 Å². The second kappa shape index (κ2) is 4.67. The molecule has 1 aliphatic carbocycles. The SMILES string of the molecule is Cc1cn(C(C)c2cc(C)sc2C)c(NC2CC2)n1. The number of nitrogens with one attached hydrogen (secondary N) is 1. The first-order valence-electron chi connectivity index (χ1n) is 6.93. The predicted molar refractivity (Wildman–Crippen MR) is 81.2 cm³/mol. The van der Waals surface area contributed by atoms with E-state index >= 15 is 0 Å². The maximum absolute atomic E-state index is 4.63. The van der Waals surface area contributed by atoms with Gasteiger partial charge in [-0.05, 0) is 52.2 Å². The third-order valence-corrected chi connectivity index (χ3v) is 4.69. The van der Waals surface area contributed by atoms with E-state index in [1.54, 1.807) is 0 Å². The average Bonchev–Trinajstić information content (AvgIpc) is 2.98. The molecule has 1 aliphatic rings. The normalized spacial score (nSPS) is 16.6. The molecule has 0 radical (unpaired) electrons. The van der Waals surface area contributed by atoms with Crippen molar-refractivity contribution in [2.45, 2.75) is 52.6 Å². The lowest BCUT2D eigenvalue weighted by Crippen LogP contribution is -2.13. The van der Waals surface area contributed by atoms with Crippen molar-refractivity contribution in [1.82, 2.24) is 9.55 Å². The Morgan fingerprint density at radius 2 is 2.11 bits per heavy atom. The summed E-state index contributed by atoms with van der Waals surface area (Å²) >= 11 is 1.88. The van der Waals surface area contributed by atoms with Crippen LogP contribution in [0.5, 0.6) is 0 Å². The Balaban J connectivity index is 1.93. The Labute approximate surface area is 118 Å². The molecular formula is C15H21N3S. The first kappa shape index (κ1) is 12.7. The predicted octanol–water partition coefficient (Wildman–Crippen LogP) is 4.05. The minimum atomic E-state index is 0.340. The van der Waals surface area contributed by atoms with Gasteiger partial charge in [0.05, 0.1) is 11.7 Å². The summed E-state index contributed by atoms with van der Waals surface area (Å²) in [7, 11) is 0. The Kier molecular flexibility index (Phi) is 3.13. The highest BCUT2D eigenvalue weighted by Gasteiger charge is 2.24. The van der Waals surface area contributed by atoms with E-state index in [0.29, 0.717) is 12.1 Å². The summed E-state index contributed by atoms with van der Waals surface area (Å²) in [5, 5.41) is 3.54. The number of imidazole rings is 1. The zero-order valence-corrected chi connectivity index (χ0v) is 12.8. The lowest BCUT2D eigenvalue weighted by atomic mass is 10.1. The number of hydrogen-bond donors (Lipinski definition) is 1. The van der Waals surface area contributed by atoms with Crippen molar-refractivity contribution >= 4 is 17.3 Å². The number of rotatable bonds is 4. The summed E-state index contributed by atoms with van der Waals surface area (Å²) in [5.41, 5.74) is 2.50. The maximum atomic E-state index is 4.63. The van der Waals surface area contributed by atoms with Crippen molar-refractivity contribution in [3.63, 3.8) is 0 Å². The van der Waals surface area contributed by atoms with Crippen LogP contribution in [0, 0.1) is 20.8 Å². The second-order valence-electron chi connectivity index (χ2n) is 5.58. The number of aromatic nitrogens is 2. The number of anilines is 1. The molecule has 19 heavy (non-hydrogen) atoms. The van der Waals surface area contributed by atoms with Gasteiger partial charge in [0.1, 0.15) is 0 Å². The largest absolute Gasteiger partial charge is 0.353 e. The molecule has 0 aliphatic heterocycles. The molecule has 0 amide bonds. The molecule has 3 rings (SSSR count). The highest BCUT2D eigenvalue weighted by molar-refractivity contribution is 7.12. The van der Waals surface area contributed by atoms with Gasteiger partial charge in [0, 0.05) is 22.0 Å². The minimum absolute atomic E-state index is 0.340. The molecule has 1 fully saturated rings. The van der Waals surface area contributed by atoms with Gasteiger partial charge in [0.15, 0.2) is 0 Å². The van der Waals surface area contributed by atoms with Crippen LogP contribution in [-0.2, 0) is 0 Å². The lowest BCUT2D eigenvalue weighted by molar-refractivity contribution is 0.641. The Morgan fingerprint density at radius 3 is 2.68 bits per heavy atom. The van der Waals surface area contributed by atoms with Gasteiger partial charge in [-0.1, -0.05) is 0 Å². The Bertz CT molecular complexity index is 593. The van der Waals surface area contributed by atoms with E-state index in [-0.39, 0.29) is 0 Å². The molecule has 0 bridgehead atoms. The van der Waals surface area contributed by atoms with E-state index in [1.165, 1.54) is 28.2 Å². The molecule has 1 N–H and O–H groups in total. The molecule has 1 unspecified atom stereocenters. The summed E-state index contributed by atoms with van der Waals surface area (Å²) in [4.78, 5) is 7.42. The quantitative estimate of drug-likeness (QED) is 0.912. The fraction of sp³-hybridized carbons (Fsp3) is 0.533. The smallest absolute Gasteiger partial charge is 0.203 e. The zero-order chi connectivity index (χ0) is 13.6. The summed E-state index contributed by atoms with van der Waals surface area (Å²) in [6, 6.07) is 3.28. The molecule has 4 heteroatoms. The van der Waals surface area contributed by atoms with Gasteiger partial charge in [-0.2, -0.15) is 0 Å². The molecule has 102 valence electrons. The van der Waals surface area contributed by atoms with Crippen LogP contribution in [0.2, 0.25) is 0 Å². The van der Waals surface area contributed by atoms with E-state index in [1.807, 2.05) is 11.3 Å². The van der Waals surface area contributed by atoms with Crippen molar-refractivity contribution < 1.29 is 0 Å². The number of aryl methyl sites for hydroxylation is 3. The van der Waals surface area contributed by atoms with Crippen molar-refractivity contribution in [2.75, 3.05) is 5.32 Å². The molecule has 1 saturated carbocycles. The minimum Gasteiger partial charge on any atom is -0.353 e. The van der Waals surface area contributed by atoms with Crippen LogP contribution in [0.25, 0.3) is 0 Å². The monoisotopic (exact) mass is 275 g/mol. The average molecular weight is 275 g/mol. The molecule has 0 saturated heterocycles. The summed E-state index contributed by atoms with van der Waals surface area (Å²) in [5.74, 6) is 1.02. The van der Waals surface area contributed by atoms with Crippen LogP contribution in [0.3, 0.4) is 0 Å². The van der Waals surface area contributed by atoms with Gasteiger partial charge >= 0.3 is 0 Å². The lowest BCUT2D eigenvalue weighted by Gasteiger charge is -2.17. The third-order valence-electron chi connectivity index (χ3n) is 3.71. The first-order chi connectivity index (χ1) is 9.04. The highest BCUT2D eigenvalue weighted by atomic mass is 32.1. The summed E-state index contributed by atoms with van der Waals surface area (Å²) in [6.45, 7) is 8.71. The van der Waals surface area contributed by atoms with E-state index in [2.05, 4.69) is 54.8 Å². The van der Waals surface area contributed by atoms with E-state index in [0.717, 1.165) is 11.6 Å². The standard InChI is InChI=1S/C15H21N3S/c1-9-8-18(15(16-9)17-13-5-6-13)11(3)14-7-10(2)19-12(14)4/h7-8,11,13H,5-6H2,1-4H3,(H,16,17). The van der Waals surface area contributed by atoms with Gasteiger partial charge in [0.2, 0.25) is 5.95 Å². The topological polar surface area (TPSA) is 29.9 Å². The Morgan fingerprint density at radius 1 is 1.37 bits per heavy atom. The van der Waals surface area contributed by atoms with Gasteiger partial charge in [-0.25, -0.2) is 4.98 Å². The third kappa shape index (κ3) is 2.54.